The topological polar surface area (TPSA) is 123 Å². The molecule has 3 saturated heterocycles. The van der Waals surface area contributed by atoms with Crippen LogP contribution in [0.1, 0.15) is 191 Å². The number of benzene rings is 12. The summed E-state index contributed by atoms with van der Waals surface area (Å²) in [6.07, 6.45) is 15.9. The Kier molecular flexibility index (Phi) is 62.9. The van der Waals surface area contributed by atoms with E-state index in [0.717, 1.165) is 70.5 Å². The van der Waals surface area contributed by atoms with Crippen LogP contribution >= 0.6 is 0 Å². The van der Waals surface area contributed by atoms with Gasteiger partial charge in [0.25, 0.3) is 0 Å². The molecule has 12 aromatic carbocycles. The molecule has 0 spiro atoms. The molecule has 3 aliphatic heterocycles. The van der Waals surface area contributed by atoms with Crippen LogP contribution in [0.5, 0.6) is 0 Å². The Labute approximate surface area is 875 Å². The third kappa shape index (κ3) is 48.9. The summed E-state index contributed by atoms with van der Waals surface area (Å²) in [7, 11) is 0. The maximum absolute atomic E-state index is 13.4. The van der Waals surface area contributed by atoms with Gasteiger partial charge in [-0.25, -0.2) is 0 Å². The number of Topliss-reactive ketones (excluding diaryl/α,β-unsaturated/α-hetero) is 2. The number of hydrogen-bond acceptors (Lipinski definition) is 9. The predicted molar refractivity (Wildman–Crippen MR) is 558 cm³/mol. The second-order valence-corrected chi connectivity index (χ2v) is 32.3. The molecule has 8 atom stereocenters. The zero-order valence-corrected chi connectivity index (χ0v) is 88.4. The molecular weight excluding hydrogens is 1900 g/mol. The second kappa shape index (κ2) is 72.0. The van der Waals surface area contributed by atoms with Crippen LogP contribution in [-0.2, 0) is 89.7 Å². The molecule has 136 heavy (non-hydrogen) atoms. The molecule has 0 N–H and O–H groups in total. The molecule has 3 aliphatic rings. The maximum atomic E-state index is 13.4. The summed E-state index contributed by atoms with van der Waals surface area (Å²) in [5.41, 5.74) is 19.1. The fraction of sp³-hybridized carbons (Fsp3) is 0.213. The van der Waals surface area contributed by atoms with Crippen molar-refractivity contribution in [3.63, 3.8) is 0 Å². The summed E-state index contributed by atoms with van der Waals surface area (Å²) >= 11 is 0. The van der Waals surface area contributed by atoms with Crippen LogP contribution in [0.15, 0.2) is 442 Å². The van der Waals surface area contributed by atoms with Crippen molar-refractivity contribution in [1.29, 1.82) is 0 Å². The van der Waals surface area contributed by atoms with E-state index in [2.05, 4.69) is 137 Å². The van der Waals surface area contributed by atoms with E-state index in [0.29, 0.717) is 58.8 Å². The van der Waals surface area contributed by atoms with Crippen molar-refractivity contribution in [3.8, 4) is 0 Å². The van der Waals surface area contributed by atoms with Gasteiger partial charge >= 0.3 is 78.6 Å². The van der Waals surface area contributed by atoms with E-state index < -0.39 is 11.1 Å². The first-order valence-electron chi connectivity index (χ1n) is 45.8. The molecule has 0 saturated carbocycles. The second-order valence-electron chi connectivity index (χ2n) is 32.3. The zero-order valence-electron chi connectivity index (χ0n) is 81.0. The molecule has 0 bridgehead atoms. The molecule has 15 aromatic rings. The number of nitrogens with zero attached hydrogens (tertiary/aromatic N) is 9. The SMILES string of the molecule is C/C(=N\N1[C@H](C)CCC[C@@H]1C)c1ccccn1.C[C@@H]1CCC[C@H](C)N1[N-]C(C)(C(=O)c1ccccc1)c1ccccn1.C[C@@H]1CCC[C@H](C)N1[N-]C(C)(C(=O)c1ccccc1)c1ccccn1.[CH2-]c1ccccc1.[CH2-]c1ccccc1.[CH2-]c1ccccc1.[CH2-]c1ccccc1.[CH2-]c1ccccc1.[CH2-]c1ccccc1.[Zr+4].[Zr+4].[Zr+4].[c-]1ccccc1.[c-]1ccccc1.[c-]1ccccc1.[c-]1ccccc1. The smallest absolute Gasteiger partial charge is 0.577 e. The minimum atomic E-state index is -1.03. The van der Waals surface area contributed by atoms with E-state index in [4.69, 9.17) is 16.0 Å². The van der Waals surface area contributed by atoms with Crippen LogP contribution < -0.4 is 0 Å². The number of carbonyl (C=O) groups excluding carboxylic acids is 2. The van der Waals surface area contributed by atoms with Gasteiger partial charge < -0.3 is 20.9 Å². The monoisotopic (exact) mass is 2030 g/mol. The van der Waals surface area contributed by atoms with Crippen molar-refractivity contribution in [2.45, 2.75) is 167 Å². The first-order valence-corrected chi connectivity index (χ1v) is 45.8. The molecule has 11 nitrogen and oxygen atoms in total. The first-order chi connectivity index (χ1) is 64.6. The number of pyridine rings is 3. The maximum Gasteiger partial charge on any atom is 4.00 e. The number of hydrazone groups is 1. The largest absolute Gasteiger partial charge is 4.00 e. The molecular formula is C122H135N9O2Zr3. The Balaban J connectivity index is 0.000000396. The Morgan fingerprint density at radius 3 is 0.684 bits per heavy atom. The van der Waals surface area contributed by atoms with Crippen molar-refractivity contribution in [2.24, 2.45) is 5.10 Å². The Morgan fingerprint density at radius 2 is 0.500 bits per heavy atom. The number of carbonyl (C=O) groups is 2. The minimum absolute atomic E-state index is 0. The van der Waals surface area contributed by atoms with Crippen molar-refractivity contribution < 1.29 is 88.2 Å². The third-order valence-corrected chi connectivity index (χ3v) is 21.1. The van der Waals surface area contributed by atoms with Gasteiger partial charge in [-0.2, -0.15) is 298 Å². The van der Waals surface area contributed by atoms with Crippen LogP contribution in [0, 0.1) is 65.8 Å². The van der Waals surface area contributed by atoms with E-state index >= 15 is 0 Å². The summed E-state index contributed by atoms with van der Waals surface area (Å²) in [6.45, 7) is 41.4. The van der Waals surface area contributed by atoms with Crippen LogP contribution in [0.2, 0.25) is 0 Å². The summed E-state index contributed by atoms with van der Waals surface area (Å²) in [5, 5.41) is 11.2. The molecule has 3 aromatic heterocycles. The molecule has 692 valence electrons. The summed E-state index contributed by atoms with van der Waals surface area (Å²) in [4.78, 5) is 40.1. The molecule has 18 rings (SSSR count). The Hall–Kier alpha value is -11.4. The average molecular weight is 2030 g/mol. The fourth-order valence-corrected chi connectivity index (χ4v) is 13.8. The normalized spacial score (nSPS) is 16.1. The van der Waals surface area contributed by atoms with Crippen molar-refractivity contribution in [3.05, 3.63) is 575 Å². The molecule has 0 amide bonds. The van der Waals surface area contributed by atoms with Crippen LogP contribution in [0.4, 0.5) is 0 Å². The first kappa shape index (κ1) is 119. The van der Waals surface area contributed by atoms with Gasteiger partial charge in [-0.3, -0.25) is 29.5 Å². The molecule has 3 fully saturated rings. The van der Waals surface area contributed by atoms with Gasteiger partial charge in [0.05, 0.1) is 11.4 Å². The van der Waals surface area contributed by atoms with E-state index in [1.54, 1.807) is 12.4 Å². The number of piperidine rings is 3. The van der Waals surface area contributed by atoms with Gasteiger partial charge in [0.2, 0.25) is 0 Å². The summed E-state index contributed by atoms with van der Waals surface area (Å²) in [6, 6.07) is 148. The molecule has 14 heteroatoms. The summed E-state index contributed by atoms with van der Waals surface area (Å²) in [5.74, 6) is -0.0338. The quantitative estimate of drug-likeness (QED) is 0.0673. The van der Waals surface area contributed by atoms with E-state index in [1.807, 2.05) is 446 Å². The van der Waals surface area contributed by atoms with Crippen molar-refractivity contribution in [2.75, 3.05) is 0 Å². The van der Waals surface area contributed by atoms with Crippen LogP contribution in [0.25, 0.3) is 10.9 Å². The Morgan fingerprint density at radius 1 is 0.294 bits per heavy atom. The third-order valence-electron chi connectivity index (χ3n) is 21.1. The number of hydrogen-bond donors (Lipinski definition) is 0. The van der Waals surface area contributed by atoms with E-state index in [-0.39, 0.29) is 90.2 Å². The Bertz CT molecular complexity index is 4670. The van der Waals surface area contributed by atoms with Gasteiger partial charge in [0, 0.05) is 53.2 Å². The van der Waals surface area contributed by atoms with Crippen LogP contribution in [-0.4, -0.2) is 83.5 Å². The van der Waals surface area contributed by atoms with E-state index in [1.165, 1.54) is 32.1 Å². The predicted octanol–water partition coefficient (Wildman–Crippen LogP) is 29.7. The van der Waals surface area contributed by atoms with Gasteiger partial charge in [-0.05, 0) is 137 Å². The molecule has 2 unspecified atom stereocenters. The van der Waals surface area contributed by atoms with Gasteiger partial charge in [-0.1, -0.05) is 170 Å². The number of ketones is 2. The zero-order chi connectivity index (χ0) is 95.6. The van der Waals surface area contributed by atoms with Crippen molar-refractivity contribution >= 4 is 17.3 Å². The van der Waals surface area contributed by atoms with Crippen LogP contribution in [0.3, 0.4) is 0 Å². The fourth-order valence-electron chi connectivity index (χ4n) is 13.8. The standard InChI is InChI=1S/2C21H26N3O.C14H21N3.6C7H7.4C6H5.3Zr/c2*1-16-10-9-11-17(2)24(16)23-21(3,19-14-7-8-15-22-19)20(25)18-12-5-4-6-13-18;1-11-7-6-8-12(2)17(11)16-13(3)14-9-4-5-10-15-14;6*1-7-5-3-2-4-6-7;4*1-2-4-6-5-3-1;;;/h2*4-8,12-17H,9-11H2,1-3H3;4-5,9-12H,6-8H2,1-3H3;6*2-6H,1H2;4*1-5H;;;/q2*-1;;10*-1;3*+4/b;;16-13+;;;;;;;;;;;;;/t2*16-,17+,21?;11-,12+;;;;;;;;;;;;;. The van der Waals surface area contributed by atoms with Gasteiger partial charge in [0.15, 0.2) is 11.6 Å². The van der Waals surface area contributed by atoms with Gasteiger partial charge in [0.1, 0.15) is 0 Å². The van der Waals surface area contributed by atoms with Gasteiger partial charge in [-0.15, -0.1) is 72.8 Å². The summed E-state index contributed by atoms with van der Waals surface area (Å²) < 4.78 is 0. The molecule has 0 radical (unpaired) electrons. The molecule has 0 aliphatic carbocycles. The minimum Gasteiger partial charge on any atom is -0.577 e. The number of rotatable bonds is 12. The van der Waals surface area contributed by atoms with E-state index in [9.17, 15) is 9.59 Å². The average Bonchev–Trinajstić information content (AvgIpc) is 0.780. The number of aromatic nitrogens is 3. The van der Waals surface area contributed by atoms with Crippen molar-refractivity contribution in [1.82, 2.24) is 30.0 Å². The molecule has 6 heterocycles.